The first kappa shape index (κ1) is 14.9. The molecule has 20 heavy (non-hydrogen) atoms. The summed E-state index contributed by atoms with van der Waals surface area (Å²) in [4.78, 5) is 1.20. The largest absolute Gasteiger partial charge is 0.319 e. The summed E-state index contributed by atoms with van der Waals surface area (Å²) in [7, 11) is -3.56. The Kier molecular flexibility index (Phi) is 4.38. The zero-order chi connectivity index (χ0) is 14.8. The Morgan fingerprint density at radius 3 is 2.35 bits per heavy atom. The lowest BCUT2D eigenvalue weighted by Gasteiger charge is -2.32. The van der Waals surface area contributed by atoms with E-state index in [2.05, 4.69) is 6.07 Å². The van der Waals surface area contributed by atoms with Gasteiger partial charge in [-0.2, -0.15) is 9.57 Å². The van der Waals surface area contributed by atoms with Gasteiger partial charge >= 0.3 is 0 Å². The van der Waals surface area contributed by atoms with Crippen molar-refractivity contribution >= 4 is 10.0 Å². The van der Waals surface area contributed by atoms with Gasteiger partial charge in [-0.25, -0.2) is 12.8 Å². The van der Waals surface area contributed by atoms with Gasteiger partial charge in [0.2, 0.25) is 10.0 Å². The molecule has 0 aromatic heterocycles. The number of quaternary nitrogens is 1. The van der Waals surface area contributed by atoms with Gasteiger partial charge in [-0.1, -0.05) is 0 Å². The van der Waals surface area contributed by atoms with Crippen LogP contribution in [0.3, 0.4) is 0 Å². The first-order chi connectivity index (χ1) is 9.45. The number of halogens is 1. The number of piperazine rings is 1. The van der Waals surface area contributed by atoms with Crippen molar-refractivity contribution in [2.45, 2.75) is 17.9 Å². The standard InChI is InChI=1S/C13H16FN3O2S/c1-11(10-15)16-6-8-17(9-7-16)20(18,19)13-4-2-12(14)3-5-13/h2-5,11H,6-9H2,1H3/p+1/t11-/m1/s1. The van der Waals surface area contributed by atoms with Crippen LogP contribution in [0.25, 0.3) is 0 Å². The van der Waals surface area contributed by atoms with E-state index in [9.17, 15) is 12.8 Å². The Bertz CT molecular complexity index is 601. The quantitative estimate of drug-likeness (QED) is 0.828. The summed E-state index contributed by atoms with van der Waals surface area (Å²) in [5, 5.41) is 8.88. The van der Waals surface area contributed by atoms with E-state index >= 15 is 0 Å². The van der Waals surface area contributed by atoms with E-state index in [1.54, 1.807) is 0 Å². The predicted molar refractivity (Wildman–Crippen MR) is 70.9 cm³/mol. The van der Waals surface area contributed by atoms with Gasteiger partial charge in [0.25, 0.3) is 0 Å². The third-order valence-corrected chi connectivity index (χ3v) is 5.53. The Morgan fingerprint density at radius 2 is 1.85 bits per heavy atom. The molecular weight excluding hydrogens is 281 g/mol. The summed E-state index contributed by atoms with van der Waals surface area (Å²) in [5.74, 6) is -0.457. The molecule has 1 heterocycles. The monoisotopic (exact) mass is 298 g/mol. The van der Waals surface area contributed by atoms with Crippen molar-refractivity contribution in [3.63, 3.8) is 0 Å². The molecule has 1 fully saturated rings. The number of hydrogen-bond donors (Lipinski definition) is 1. The lowest BCUT2D eigenvalue weighted by atomic mass is 10.2. The topological polar surface area (TPSA) is 65.6 Å². The molecule has 1 atom stereocenters. The highest BCUT2D eigenvalue weighted by Gasteiger charge is 2.32. The second-order valence-electron chi connectivity index (χ2n) is 4.87. The predicted octanol–water partition coefficient (Wildman–Crippen LogP) is -0.373. The van der Waals surface area contributed by atoms with Crippen LogP contribution in [0.1, 0.15) is 6.92 Å². The maximum Gasteiger partial charge on any atom is 0.243 e. The van der Waals surface area contributed by atoms with Crippen LogP contribution in [0, 0.1) is 17.1 Å². The lowest BCUT2D eigenvalue weighted by Crippen LogP contribution is -3.17. The highest BCUT2D eigenvalue weighted by Crippen LogP contribution is 2.15. The number of nitrogens with zero attached hydrogens (tertiary/aromatic N) is 2. The molecular formula is C13H17FN3O2S+. The van der Waals surface area contributed by atoms with Crippen LogP contribution in [0.15, 0.2) is 29.2 Å². The smallest absolute Gasteiger partial charge is 0.243 e. The fourth-order valence-electron chi connectivity index (χ4n) is 2.29. The molecule has 7 heteroatoms. The van der Waals surface area contributed by atoms with Crippen molar-refractivity contribution in [1.82, 2.24) is 4.31 Å². The third-order valence-electron chi connectivity index (χ3n) is 3.62. The van der Waals surface area contributed by atoms with Crippen LogP contribution in [0.4, 0.5) is 4.39 Å². The maximum absolute atomic E-state index is 12.9. The minimum Gasteiger partial charge on any atom is -0.319 e. The average Bonchev–Trinajstić information content (AvgIpc) is 2.47. The lowest BCUT2D eigenvalue weighted by molar-refractivity contribution is -0.918. The van der Waals surface area contributed by atoms with Crippen molar-refractivity contribution < 1.29 is 17.7 Å². The first-order valence-corrected chi connectivity index (χ1v) is 7.89. The molecule has 1 aromatic rings. The van der Waals surface area contributed by atoms with Crippen LogP contribution in [-0.2, 0) is 10.0 Å². The number of benzene rings is 1. The molecule has 5 nitrogen and oxygen atoms in total. The van der Waals surface area contributed by atoms with Gasteiger partial charge in [0.05, 0.1) is 31.1 Å². The van der Waals surface area contributed by atoms with E-state index in [4.69, 9.17) is 5.26 Å². The summed E-state index contributed by atoms with van der Waals surface area (Å²) in [6.45, 7) is 3.80. The summed E-state index contributed by atoms with van der Waals surface area (Å²) >= 11 is 0. The molecule has 1 aromatic carbocycles. The van der Waals surface area contributed by atoms with Crippen LogP contribution in [-0.4, -0.2) is 44.9 Å². The van der Waals surface area contributed by atoms with Gasteiger partial charge in [0, 0.05) is 6.92 Å². The summed E-state index contributed by atoms with van der Waals surface area (Å²) in [6, 6.07) is 6.89. The number of rotatable bonds is 3. The molecule has 0 radical (unpaired) electrons. The van der Waals surface area contributed by atoms with Gasteiger partial charge in [-0.3, -0.25) is 0 Å². The molecule has 0 amide bonds. The molecule has 1 aliphatic rings. The van der Waals surface area contributed by atoms with E-state index < -0.39 is 15.8 Å². The van der Waals surface area contributed by atoms with E-state index in [-0.39, 0.29) is 10.9 Å². The fourth-order valence-corrected chi connectivity index (χ4v) is 3.74. The third kappa shape index (κ3) is 2.98. The molecule has 0 bridgehead atoms. The molecule has 1 N–H and O–H groups in total. The molecule has 108 valence electrons. The van der Waals surface area contributed by atoms with Crippen LogP contribution >= 0.6 is 0 Å². The summed E-state index contributed by atoms with van der Waals surface area (Å²) < 4.78 is 39.0. The summed E-state index contributed by atoms with van der Waals surface area (Å²) in [5.41, 5.74) is 0. The molecule has 0 spiro atoms. The maximum atomic E-state index is 12.9. The van der Waals surface area contributed by atoms with Crippen molar-refractivity contribution in [2.75, 3.05) is 26.2 Å². The average molecular weight is 298 g/mol. The Balaban J connectivity index is 2.10. The molecule has 1 saturated heterocycles. The number of nitriles is 1. The van der Waals surface area contributed by atoms with Gasteiger partial charge < -0.3 is 4.90 Å². The molecule has 0 saturated carbocycles. The van der Waals surface area contributed by atoms with Gasteiger partial charge in [0.15, 0.2) is 6.04 Å². The number of nitrogens with one attached hydrogen (secondary N) is 1. The van der Waals surface area contributed by atoms with Crippen molar-refractivity contribution in [2.24, 2.45) is 0 Å². The van der Waals surface area contributed by atoms with Crippen molar-refractivity contribution in [3.8, 4) is 6.07 Å². The van der Waals surface area contributed by atoms with Crippen LogP contribution in [0.5, 0.6) is 0 Å². The number of hydrogen-bond acceptors (Lipinski definition) is 3. The second kappa shape index (κ2) is 5.87. The molecule has 2 rings (SSSR count). The zero-order valence-corrected chi connectivity index (χ0v) is 12.0. The molecule has 1 aliphatic heterocycles. The van der Waals surface area contributed by atoms with Crippen LogP contribution in [0.2, 0.25) is 0 Å². The van der Waals surface area contributed by atoms with Crippen molar-refractivity contribution in [3.05, 3.63) is 30.1 Å². The fraction of sp³-hybridized carbons (Fsp3) is 0.462. The Morgan fingerprint density at radius 1 is 1.30 bits per heavy atom. The van der Waals surface area contributed by atoms with E-state index in [1.807, 2.05) is 6.92 Å². The first-order valence-electron chi connectivity index (χ1n) is 6.45. The van der Waals surface area contributed by atoms with Crippen molar-refractivity contribution in [1.29, 1.82) is 5.26 Å². The van der Waals surface area contributed by atoms with Gasteiger partial charge in [-0.05, 0) is 24.3 Å². The Hall–Kier alpha value is -1.49. The second-order valence-corrected chi connectivity index (χ2v) is 6.80. The molecule has 0 aliphatic carbocycles. The zero-order valence-electron chi connectivity index (χ0n) is 11.2. The van der Waals surface area contributed by atoms with E-state index in [0.717, 1.165) is 17.0 Å². The highest BCUT2D eigenvalue weighted by molar-refractivity contribution is 7.89. The SMILES string of the molecule is C[C@H](C#N)[NH+]1CCN(S(=O)(=O)c2ccc(F)cc2)CC1. The Labute approximate surface area is 118 Å². The van der Waals surface area contributed by atoms with E-state index in [0.29, 0.717) is 26.2 Å². The van der Waals surface area contributed by atoms with Crippen LogP contribution < -0.4 is 4.90 Å². The normalized spacial score (nSPS) is 19.4. The highest BCUT2D eigenvalue weighted by atomic mass is 32.2. The molecule has 0 unspecified atom stereocenters. The number of sulfonamides is 1. The van der Waals surface area contributed by atoms with Gasteiger partial charge in [0.1, 0.15) is 11.9 Å². The minimum absolute atomic E-state index is 0.107. The van der Waals surface area contributed by atoms with E-state index in [1.165, 1.54) is 16.4 Å². The van der Waals surface area contributed by atoms with Gasteiger partial charge in [-0.15, -0.1) is 0 Å². The minimum atomic E-state index is -3.56. The summed E-state index contributed by atoms with van der Waals surface area (Å²) in [6.07, 6.45) is 0.